The number of aromatic nitrogens is 2. The lowest BCUT2D eigenvalue weighted by molar-refractivity contribution is 0.115. The zero-order valence-corrected chi connectivity index (χ0v) is 13.0. The average molecular weight is 331 g/mol. The zero-order valence-electron chi connectivity index (χ0n) is 11.4. The first-order valence-electron chi connectivity index (χ1n) is 6.63. The molecule has 1 N–H and O–H groups in total. The second-order valence-corrected chi connectivity index (χ2v) is 5.61. The van der Waals surface area contributed by atoms with E-state index in [1.54, 1.807) is 60.9 Å². The fourth-order valence-electron chi connectivity index (χ4n) is 2.34. The Morgan fingerprint density at radius 1 is 0.818 bits per heavy atom. The molecule has 0 aliphatic carbocycles. The van der Waals surface area contributed by atoms with Gasteiger partial charge in [-0.05, 0) is 29.8 Å². The Morgan fingerprint density at radius 3 is 2.09 bits per heavy atom. The first kappa shape index (κ1) is 15.0. The molecule has 5 heteroatoms. The van der Waals surface area contributed by atoms with Gasteiger partial charge in [0.2, 0.25) is 0 Å². The molecule has 0 spiro atoms. The van der Waals surface area contributed by atoms with Crippen LogP contribution in [0.1, 0.15) is 17.0 Å². The van der Waals surface area contributed by atoms with Crippen LogP contribution >= 0.6 is 23.2 Å². The van der Waals surface area contributed by atoms with Crippen LogP contribution in [0.5, 0.6) is 0 Å². The molecule has 0 aliphatic heterocycles. The highest BCUT2D eigenvalue weighted by atomic mass is 35.5. The second kappa shape index (κ2) is 6.05. The summed E-state index contributed by atoms with van der Waals surface area (Å²) in [4.78, 5) is 8.43. The number of rotatable bonds is 3. The molecule has 0 aliphatic rings. The number of hydrogen-bond acceptors (Lipinski definition) is 3. The third kappa shape index (κ3) is 2.59. The van der Waals surface area contributed by atoms with Crippen LogP contribution in [0.2, 0.25) is 10.0 Å². The third-order valence-corrected chi connectivity index (χ3v) is 4.00. The molecule has 3 nitrogen and oxygen atoms in total. The van der Waals surface area contributed by atoms with E-state index < -0.39 is 5.60 Å². The van der Waals surface area contributed by atoms with Gasteiger partial charge in [-0.15, -0.1) is 0 Å². The van der Waals surface area contributed by atoms with Crippen LogP contribution in [-0.4, -0.2) is 15.1 Å². The van der Waals surface area contributed by atoms with Crippen LogP contribution in [0.25, 0.3) is 0 Å². The predicted octanol–water partition coefficient (Wildman–Crippen LogP) is 4.07. The first-order valence-corrected chi connectivity index (χ1v) is 7.39. The summed E-state index contributed by atoms with van der Waals surface area (Å²) in [5, 5.41) is 12.5. The molecular weight excluding hydrogens is 319 g/mol. The molecule has 1 atom stereocenters. The summed E-state index contributed by atoms with van der Waals surface area (Å²) in [5.74, 6) is 0.255. The molecule has 1 heterocycles. The molecule has 1 aromatic heterocycles. The van der Waals surface area contributed by atoms with E-state index in [9.17, 15) is 5.11 Å². The van der Waals surface area contributed by atoms with Crippen molar-refractivity contribution in [3.63, 3.8) is 0 Å². The van der Waals surface area contributed by atoms with Gasteiger partial charge in [-0.2, -0.15) is 0 Å². The highest BCUT2D eigenvalue weighted by molar-refractivity contribution is 6.31. The van der Waals surface area contributed by atoms with Crippen LogP contribution in [0.15, 0.2) is 67.0 Å². The molecule has 0 fully saturated rings. The van der Waals surface area contributed by atoms with Gasteiger partial charge in [0.25, 0.3) is 0 Å². The average Bonchev–Trinajstić information content (AvgIpc) is 2.56. The Bertz CT molecular complexity index is 778. The monoisotopic (exact) mass is 330 g/mol. The minimum absolute atomic E-state index is 0.255. The SMILES string of the molecule is OC(c1ccc(Cl)cc1)(c1ncccn1)c1ccccc1Cl. The maximum atomic E-state index is 11.4. The van der Waals surface area contributed by atoms with Crippen molar-refractivity contribution < 1.29 is 5.11 Å². The van der Waals surface area contributed by atoms with Gasteiger partial charge in [0.05, 0.1) is 0 Å². The summed E-state index contributed by atoms with van der Waals surface area (Å²) in [6.45, 7) is 0. The molecule has 0 saturated carbocycles. The Kier molecular flexibility index (Phi) is 4.12. The number of halogens is 2. The molecule has 22 heavy (non-hydrogen) atoms. The summed E-state index contributed by atoms with van der Waals surface area (Å²) >= 11 is 12.2. The molecule has 2 aromatic carbocycles. The van der Waals surface area contributed by atoms with Crippen molar-refractivity contribution >= 4 is 23.2 Å². The number of benzene rings is 2. The van der Waals surface area contributed by atoms with Gasteiger partial charge in [0, 0.05) is 28.0 Å². The van der Waals surface area contributed by atoms with Crippen molar-refractivity contribution in [2.75, 3.05) is 0 Å². The summed E-state index contributed by atoms with van der Waals surface area (Å²) in [6, 6.07) is 15.7. The maximum absolute atomic E-state index is 11.4. The standard InChI is InChI=1S/C17H12Cl2N2O/c18-13-8-6-12(7-9-13)17(22,16-20-10-3-11-21-16)14-4-1-2-5-15(14)19/h1-11,22H. The fourth-order valence-corrected chi connectivity index (χ4v) is 2.74. The smallest absolute Gasteiger partial charge is 0.176 e. The number of nitrogens with zero attached hydrogens (tertiary/aromatic N) is 2. The summed E-state index contributed by atoms with van der Waals surface area (Å²) in [5.41, 5.74) is -0.439. The van der Waals surface area contributed by atoms with E-state index in [2.05, 4.69) is 9.97 Å². The largest absolute Gasteiger partial charge is 0.373 e. The molecule has 0 amide bonds. The lowest BCUT2D eigenvalue weighted by Crippen LogP contribution is -2.31. The zero-order chi connectivity index (χ0) is 15.6. The van der Waals surface area contributed by atoms with E-state index in [1.807, 2.05) is 6.07 Å². The summed E-state index contributed by atoms with van der Waals surface area (Å²) in [7, 11) is 0. The third-order valence-electron chi connectivity index (χ3n) is 3.42. The van der Waals surface area contributed by atoms with Gasteiger partial charge in [-0.25, -0.2) is 9.97 Å². The van der Waals surface area contributed by atoms with Crippen LogP contribution < -0.4 is 0 Å². The van der Waals surface area contributed by atoms with Crippen LogP contribution in [-0.2, 0) is 5.60 Å². The fraction of sp³-hybridized carbons (Fsp3) is 0.0588. The molecule has 1 unspecified atom stereocenters. The van der Waals surface area contributed by atoms with E-state index in [4.69, 9.17) is 23.2 Å². The maximum Gasteiger partial charge on any atom is 0.176 e. The summed E-state index contributed by atoms with van der Waals surface area (Å²) in [6.07, 6.45) is 3.17. The van der Waals surface area contributed by atoms with Crippen molar-refractivity contribution in [2.24, 2.45) is 0 Å². The van der Waals surface area contributed by atoms with Crippen LogP contribution in [0.3, 0.4) is 0 Å². The molecule has 0 bridgehead atoms. The van der Waals surface area contributed by atoms with Crippen molar-refractivity contribution in [3.8, 4) is 0 Å². The number of aliphatic hydroxyl groups is 1. The van der Waals surface area contributed by atoms with Gasteiger partial charge in [-0.1, -0.05) is 53.5 Å². The van der Waals surface area contributed by atoms with Gasteiger partial charge in [0.1, 0.15) is 0 Å². The normalized spacial score (nSPS) is 13.6. The van der Waals surface area contributed by atoms with E-state index in [1.165, 1.54) is 0 Å². The summed E-state index contributed by atoms with van der Waals surface area (Å²) < 4.78 is 0. The van der Waals surface area contributed by atoms with Gasteiger partial charge in [-0.3, -0.25) is 0 Å². The minimum Gasteiger partial charge on any atom is -0.373 e. The Hall–Kier alpha value is -1.94. The van der Waals surface area contributed by atoms with E-state index in [0.717, 1.165) is 0 Å². The predicted molar refractivity (Wildman–Crippen MR) is 87.0 cm³/mol. The topological polar surface area (TPSA) is 46.0 Å². The highest BCUT2D eigenvalue weighted by Gasteiger charge is 2.38. The first-order chi connectivity index (χ1) is 10.6. The molecule has 110 valence electrons. The van der Waals surface area contributed by atoms with Crippen LogP contribution in [0, 0.1) is 0 Å². The van der Waals surface area contributed by atoms with Crippen molar-refractivity contribution in [1.82, 2.24) is 9.97 Å². The van der Waals surface area contributed by atoms with E-state index in [-0.39, 0.29) is 5.82 Å². The lowest BCUT2D eigenvalue weighted by atomic mass is 9.85. The lowest BCUT2D eigenvalue weighted by Gasteiger charge is -2.28. The Labute approximate surface area is 138 Å². The Balaban J connectivity index is 2.27. The highest BCUT2D eigenvalue weighted by Crippen LogP contribution is 2.38. The molecule has 3 aromatic rings. The molecular formula is C17H12Cl2N2O. The van der Waals surface area contributed by atoms with Gasteiger partial charge >= 0.3 is 0 Å². The molecule has 0 saturated heterocycles. The van der Waals surface area contributed by atoms with Crippen LogP contribution in [0.4, 0.5) is 0 Å². The van der Waals surface area contributed by atoms with E-state index >= 15 is 0 Å². The van der Waals surface area contributed by atoms with Gasteiger partial charge < -0.3 is 5.11 Å². The Morgan fingerprint density at radius 2 is 1.45 bits per heavy atom. The van der Waals surface area contributed by atoms with Gasteiger partial charge in [0.15, 0.2) is 11.4 Å². The quantitative estimate of drug-likeness (QED) is 0.787. The number of hydrogen-bond donors (Lipinski definition) is 1. The molecule has 3 rings (SSSR count). The van der Waals surface area contributed by atoms with E-state index in [0.29, 0.717) is 21.2 Å². The molecule has 0 radical (unpaired) electrons. The second-order valence-electron chi connectivity index (χ2n) is 4.77. The minimum atomic E-state index is -1.55. The van der Waals surface area contributed by atoms with Crippen molar-refractivity contribution in [3.05, 3.63) is 94.0 Å². The van der Waals surface area contributed by atoms with Crippen molar-refractivity contribution in [2.45, 2.75) is 5.60 Å². The van der Waals surface area contributed by atoms with Crippen molar-refractivity contribution in [1.29, 1.82) is 0 Å².